The fourth-order valence-electron chi connectivity index (χ4n) is 1.63. The largest absolute Gasteiger partial charge is 0.320 e. The van der Waals surface area contributed by atoms with E-state index in [1.807, 2.05) is 39.8 Å². The quantitative estimate of drug-likeness (QED) is 0.838. The summed E-state index contributed by atoms with van der Waals surface area (Å²) in [7, 11) is 0. The summed E-state index contributed by atoms with van der Waals surface area (Å²) >= 11 is 0. The molecule has 0 aliphatic rings. The molecule has 17 heavy (non-hydrogen) atoms. The van der Waals surface area contributed by atoms with Gasteiger partial charge in [-0.1, -0.05) is 20.3 Å². The highest BCUT2D eigenvalue weighted by Crippen LogP contribution is 2.11. The Labute approximate surface area is 103 Å². The van der Waals surface area contributed by atoms with E-state index in [4.69, 9.17) is 5.73 Å². The van der Waals surface area contributed by atoms with Crippen LogP contribution < -0.4 is 11.1 Å². The smallest absolute Gasteiger partial charge is 0.242 e. The Bertz CT molecular complexity index is 383. The number of hydrogen-bond acceptors (Lipinski definition) is 3. The highest BCUT2D eigenvalue weighted by molar-refractivity contribution is 5.94. The molecule has 1 heterocycles. The summed E-state index contributed by atoms with van der Waals surface area (Å²) in [6.45, 7) is 7.86. The van der Waals surface area contributed by atoms with Gasteiger partial charge >= 0.3 is 0 Å². The monoisotopic (exact) mass is 235 g/mol. The number of nitrogens with zero attached hydrogens (tertiary/aromatic N) is 1. The van der Waals surface area contributed by atoms with Crippen LogP contribution in [0.1, 0.15) is 31.5 Å². The van der Waals surface area contributed by atoms with Crippen molar-refractivity contribution in [3.63, 3.8) is 0 Å². The number of nitrogens with one attached hydrogen (secondary N) is 1. The molecule has 0 aromatic carbocycles. The van der Waals surface area contributed by atoms with E-state index in [0.29, 0.717) is 5.82 Å². The first kappa shape index (κ1) is 13.6. The van der Waals surface area contributed by atoms with Crippen LogP contribution in [-0.2, 0) is 4.79 Å². The van der Waals surface area contributed by atoms with Crippen molar-refractivity contribution < 1.29 is 4.79 Å². The summed E-state index contributed by atoms with van der Waals surface area (Å²) in [5.41, 5.74) is 7.82. The second-order valence-corrected chi connectivity index (χ2v) is 4.57. The maximum absolute atomic E-state index is 11.9. The minimum atomic E-state index is -0.484. The fraction of sp³-hybridized carbons (Fsp3) is 0.538. The Balaban J connectivity index is 2.74. The van der Waals surface area contributed by atoms with Crippen molar-refractivity contribution in [3.05, 3.63) is 23.4 Å². The van der Waals surface area contributed by atoms with Gasteiger partial charge in [0.1, 0.15) is 5.82 Å². The highest BCUT2D eigenvalue weighted by Gasteiger charge is 2.19. The summed E-state index contributed by atoms with van der Waals surface area (Å²) < 4.78 is 0. The van der Waals surface area contributed by atoms with E-state index in [0.717, 1.165) is 17.7 Å². The van der Waals surface area contributed by atoms with Crippen LogP contribution in [0.4, 0.5) is 5.82 Å². The van der Waals surface area contributed by atoms with Gasteiger partial charge in [0.2, 0.25) is 5.91 Å². The number of nitrogens with two attached hydrogens (primary N) is 1. The molecule has 0 aliphatic carbocycles. The van der Waals surface area contributed by atoms with E-state index in [1.54, 1.807) is 0 Å². The number of carbonyl (C=O) groups is 1. The Morgan fingerprint density at radius 2 is 2.12 bits per heavy atom. The van der Waals surface area contributed by atoms with Crippen LogP contribution in [0.5, 0.6) is 0 Å². The number of hydrogen-bond donors (Lipinski definition) is 2. The predicted octanol–water partition coefficient (Wildman–Crippen LogP) is 2.01. The maximum atomic E-state index is 11.9. The molecular formula is C13H21N3O. The SMILES string of the molecule is CCC(C)C(N)C(=O)Nc1cc(C)cc(C)n1. The molecule has 3 N–H and O–H groups in total. The Morgan fingerprint density at radius 3 is 2.65 bits per heavy atom. The van der Waals surface area contributed by atoms with Crippen molar-refractivity contribution in [2.24, 2.45) is 11.7 Å². The Kier molecular flexibility index (Phi) is 4.63. The second kappa shape index (κ2) is 5.77. The van der Waals surface area contributed by atoms with Crippen LogP contribution >= 0.6 is 0 Å². The number of aromatic nitrogens is 1. The van der Waals surface area contributed by atoms with Gasteiger partial charge in [-0.25, -0.2) is 4.98 Å². The van der Waals surface area contributed by atoms with Gasteiger partial charge in [-0.05, 0) is 37.5 Å². The van der Waals surface area contributed by atoms with Crippen molar-refractivity contribution in [1.29, 1.82) is 0 Å². The number of pyridine rings is 1. The highest BCUT2D eigenvalue weighted by atomic mass is 16.2. The van der Waals surface area contributed by atoms with Gasteiger partial charge in [0.05, 0.1) is 6.04 Å². The zero-order valence-corrected chi connectivity index (χ0v) is 10.9. The van der Waals surface area contributed by atoms with Crippen LogP contribution in [0, 0.1) is 19.8 Å². The second-order valence-electron chi connectivity index (χ2n) is 4.57. The fourth-order valence-corrected chi connectivity index (χ4v) is 1.63. The average Bonchev–Trinajstić information content (AvgIpc) is 2.25. The first-order valence-corrected chi connectivity index (χ1v) is 5.95. The van der Waals surface area contributed by atoms with Gasteiger partial charge in [0, 0.05) is 5.69 Å². The van der Waals surface area contributed by atoms with E-state index in [9.17, 15) is 4.79 Å². The van der Waals surface area contributed by atoms with E-state index >= 15 is 0 Å². The van der Waals surface area contributed by atoms with E-state index in [1.165, 1.54) is 0 Å². The molecule has 4 nitrogen and oxygen atoms in total. The topological polar surface area (TPSA) is 68.0 Å². The summed E-state index contributed by atoms with van der Waals surface area (Å²) in [5.74, 6) is 0.573. The standard InChI is InChI=1S/C13H21N3O/c1-5-9(3)12(14)13(17)16-11-7-8(2)6-10(4)15-11/h6-7,9,12H,5,14H2,1-4H3,(H,15,16,17). The molecule has 0 saturated carbocycles. The molecule has 1 rings (SSSR count). The number of rotatable bonds is 4. The van der Waals surface area contributed by atoms with Gasteiger partial charge in [0.15, 0.2) is 0 Å². The third-order valence-electron chi connectivity index (χ3n) is 2.91. The van der Waals surface area contributed by atoms with E-state index in [-0.39, 0.29) is 11.8 Å². The van der Waals surface area contributed by atoms with Gasteiger partial charge in [-0.3, -0.25) is 4.79 Å². The minimum Gasteiger partial charge on any atom is -0.320 e. The molecule has 0 spiro atoms. The molecule has 2 unspecified atom stereocenters. The molecule has 0 radical (unpaired) electrons. The molecule has 0 saturated heterocycles. The molecule has 4 heteroatoms. The zero-order valence-electron chi connectivity index (χ0n) is 10.9. The van der Waals surface area contributed by atoms with Gasteiger partial charge in [0.25, 0.3) is 0 Å². The number of anilines is 1. The third-order valence-corrected chi connectivity index (χ3v) is 2.91. The van der Waals surface area contributed by atoms with E-state index < -0.39 is 6.04 Å². The predicted molar refractivity (Wildman–Crippen MR) is 69.8 cm³/mol. The normalized spacial score (nSPS) is 14.2. The summed E-state index contributed by atoms with van der Waals surface area (Å²) in [6.07, 6.45) is 0.884. The Morgan fingerprint density at radius 1 is 1.47 bits per heavy atom. The van der Waals surface area contributed by atoms with Crippen LogP contribution in [0.25, 0.3) is 0 Å². The van der Waals surface area contributed by atoms with Crippen LogP contribution in [-0.4, -0.2) is 16.9 Å². The van der Waals surface area contributed by atoms with Crippen LogP contribution in [0.2, 0.25) is 0 Å². The summed E-state index contributed by atoms with van der Waals surface area (Å²) in [6, 6.07) is 3.32. The summed E-state index contributed by atoms with van der Waals surface area (Å²) in [5, 5.41) is 2.76. The first-order chi connectivity index (χ1) is 7.93. The lowest BCUT2D eigenvalue weighted by Gasteiger charge is -2.17. The average molecular weight is 235 g/mol. The van der Waals surface area contributed by atoms with Crippen molar-refractivity contribution in [2.45, 2.75) is 40.2 Å². The molecule has 0 fully saturated rings. The molecule has 1 amide bonds. The third kappa shape index (κ3) is 3.82. The number of aryl methyl sites for hydroxylation is 2. The molecule has 0 aliphatic heterocycles. The van der Waals surface area contributed by atoms with Gasteiger partial charge in [-0.15, -0.1) is 0 Å². The van der Waals surface area contributed by atoms with Gasteiger partial charge in [-0.2, -0.15) is 0 Å². The van der Waals surface area contributed by atoms with Crippen molar-refractivity contribution in [2.75, 3.05) is 5.32 Å². The lowest BCUT2D eigenvalue weighted by molar-refractivity contribution is -0.118. The van der Waals surface area contributed by atoms with E-state index in [2.05, 4.69) is 10.3 Å². The number of carbonyl (C=O) groups excluding carboxylic acids is 1. The summed E-state index contributed by atoms with van der Waals surface area (Å²) in [4.78, 5) is 16.1. The molecule has 0 bridgehead atoms. The number of amides is 1. The van der Waals surface area contributed by atoms with Crippen LogP contribution in [0.3, 0.4) is 0 Å². The Hall–Kier alpha value is -1.42. The first-order valence-electron chi connectivity index (χ1n) is 5.95. The molecule has 94 valence electrons. The molecule has 1 aromatic rings. The van der Waals surface area contributed by atoms with Crippen molar-refractivity contribution in [1.82, 2.24) is 4.98 Å². The van der Waals surface area contributed by atoms with Gasteiger partial charge < -0.3 is 11.1 Å². The zero-order chi connectivity index (χ0) is 13.0. The molecular weight excluding hydrogens is 214 g/mol. The molecule has 1 aromatic heterocycles. The lowest BCUT2D eigenvalue weighted by Crippen LogP contribution is -2.40. The maximum Gasteiger partial charge on any atom is 0.242 e. The molecule has 2 atom stereocenters. The van der Waals surface area contributed by atoms with Crippen LogP contribution in [0.15, 0.2) is 12.1 Å². The lowest BCUT2D eigenvalue weighted by atomic mass is 9.99. The van der Waals surface area contributed by atoms with Crippen molar-refractivity contribution >= 4 is 11.7 Å². The minimum absolute atomic E-state index is 0.168. The van der Waals surface area contributed by atoms with Crippen molar-refractivity contribution in [3.8, 4) is 0 Å².